The fourth-order valence-corrected chi connectivity index (χ4v) is 2.39. The Morgan fingerprint density at radius 1 is 1.26 bits per heavy atom. The molecule has 96 valence electrons. The summed E-state index contributed by atoms with van der Waals surface area (Å²) >= 11 is 5.32. The predicted molar refractivity (Wildman–Crippen MR) is 77.1 cm³/mol. The number of nitrogens with zero attached hydrogens (tertiary/aromatic N) is 2. The first-order valence-corrected chi connectivity index (χ1v) is 6.32. The van der Waals surface area contributed by atoms with Crippen molar-refractivity contribution in [2.24, 2.45) is 0 Å². The van der Waals surface area contributed by atoms with Gasteiger partial charge in [0.2, 0.25) is 0 Å². The van der Waals surface area contributed by atoms with Crippen molar-refractivity contribution in [2.75, 3.05) is 7.11 Å². The average Bonchev–Trinajstić information content (AvgIpc) is 2.83. The lowest BCUT2D eigenvalue weighted by atomic mass is 10.1. The second-order valence-electron chi connectivity index (χ2n) is 4.31. The number of rotatable bonds is 2. The van der Waals surface area contributed by atoms with Gasteiger partial charge in [0, 0.05) is 17.5 Å². The number of hydrogen-bond donors (Lipinski definition) is 1. The van der Waals surface area contributed by atoms with E-state index in [2.05, 4.69) is 10.1 Å². The first-order valence-electron chi connectivity index (χ1n) is 5.91. The zero-order valence-corrected chi connectivity index (χ0v) is 11.5. The van der Waals surface area contributed by atoms with Crippen LogP contribution in [0.15, 0.2) is 36.5 Å². The third-order valence-electron chi connectivity index (χ3n) is 3.03. The SMILES string of the molecule is COc1ccc(-c2c[nH]n3c(=S)cc(C)nc23)cc1. The Balaban J connectivity index is 2.22. The minimum Gasteiger partial charge on any atom is -0.497 e. The van der Waals surface area contributed by atoms with Crippen molar-refractivity contribution in [1.29, 1.82) is 0 Å². The topological polar surface area (TPSA) is 42.3 Å². The van der Waals surface area contributed by atoms with E-state index in [9.17, 15) is 0 Å². The van der Waals surface area contributed by atoms with Gasteiger partial charge in [0.25, 0.3) is 0 Å². The Labute approximate surface area is 115 Å². The number of nitrogens with one attached hydrogen (secondary N) is 1. The van der Waals surface area contributed by atoms with E-state index in [1.54, 1.807) is 7.11 Å². The van der Waals surface area contributed by atoms with Gasteiger partial charge in [0.15, 0.2) is 5.65 Å². The maximum absolute atomic E-state index is 5.32. The van der Waals surface area contributed by atoms with Crippen LogP contribution in [0.2, 0.25) is 0 Å². The molecule has 0 fully saturated rings. The van der Waals surface area contributed by atoms with Crippen LogP contribution in [0.25, 0.3) is 16.8 Å². The number of aromatic nitrogens is 3. The summed E-state index contributed by atoms with van der Waals surface area (Å²) in [5, 5.41) is 3.13. The van der Waals surface area contributed by atoms with E-state index in [1.807, 2.05) is 48.0 Å². The second-order valence-corrected chi connectivity index (χ2v) is 4.73. The number of ether oxygens (including phenoxy) is 1. The van der Waals surface area contributed by atoms with Crippen LogP contribution in [0.4, 0.5) is 0 Å². The molecule has 0 aliphatic carbocycles. The lowest BCUT2D eigenvalue weighted by Gasteiger charge is -2.02. The molecule has 3 rings (SSSR count). The van der Waals surface area contributed by atoms with E-state index in [1.165, 1.54) is 0 Å². The van der Waals surface area contributed by atoms with Gasteiger partial charge in [-0.05, 0) is 30.7 Å². The van der Waals surface area contributed by atoms with Crippen molar-refractivity contribution in [3.8, 4) is 16.9 Å². The lowest BCUT2D eigenvalue weighted by molar-refractivity contribution is 0.415. The fraction of sp³-hybridized carbons (Fsp3) is 0.143. The van der Waals surface area contributed by atoms with Crippen molar-refractivity contribution in [1.82, 2.24) is 14.6 Å². The highest BCUT2D eigenvalue weighted by atomic mass is 32.1. The number of benzene rings is 1. The lowest BCUT2D eigenvalue weighted by Crippen LogP contribution is -1.94. The number of H-pyrrole nitrogens is 1. The normalized spacial score (nSPS) is 10.8. The van der Waals surface area contributed by atoms with Crippen LogP contribution in [0.1, 0.15) is 5.69 Å². The summed E-state index contributed by atoms with van der Waals surface area (Å²) in [6.07, 6.45) is 1.92. The summed E-state index contributed by atoms with van der Waals surface area (Å²) in [7, 11) is 1.66. The third kappa shape index (κ3) is 2.02. The first-order chi connectivity index (χ1) is 9.19. The summed E-state index contributed by atoms with van der Waals surface area (Å²) in [6, 6.07) is 9.76. The van der Waals surface area contributed by atoms with Gasteiger partial charge >= 0.3 is 0 Å². The maximum atomic E-state index is 5.32. The van der Waals surface area contributed by atoms with E-state index in [4.69, 9.17) is 17.0 Å². The average molecular weight is 271 g/mol. The fourth-order valence-electron chi connectivity index (χ4n) is 2.08. The Bertz CT molecular complexity index is 787. The van der Waals surface area contributed by atoms with Crippen molar-refractivity contribution in [3.05, 3.63) is 46.9 Å². The zero-order chi connectivity index (χ0) is 13.4. The predicted octanol–water partition coefficient (Wildman–Crippen LogP) is 3.38. The van der Waals surface area contributed by atoms with Crippen LogP contribution >= 0.6 is 12.2 Å². The molecule has 0 radical (unpaired) electrons. The van der Waals surface area contributed by atoms with Crippen molar-refractivity contribution < 1.29 is 4.74 Å². The molecule has 2 heterocycles. The molecule has 0 aliphatic rings. The molecule has 4 nitrogen and oxygen atoms in total. The van der Waals surface area contributed by atoms with E-state index in [-0.39, 0.29) is 0 Å². The number of aromatic amines is 1. The van der Waals surface area contributed by atoms with Gasteiger partial charge < -0.3 is 4.74 Å². The van der Waals surface area contributed by atoms with Crippen LogP contribution in [0, 0.1) is 11.6 Å². The van der Waals surface area contributed by atoms with Gasteiger partial charge in [-0.3, -0.25) is 5.10 Å². The first kappa shape index (κ1) is 11.9. The number of hydrogen-bond acceptors (Lipinski definition) is 3. The Morgan fingerprint density at radius 2 is 2.00 bits per heavy atom. The molecule has 19 heavy (non-hydrogen) atoms. The minimum absolute atomic E-state index is 0.724. The van der Waals surface area contributed by atoms with Crippen LogP contribution in [0.3, 0.4) is 0 Å². The van der Waals surface area contributed by atoms with E-state index >= 15 is 0 Å². The van der Waals surface area contributed by atoms with Crippen LogP contribution < -0.4 is 4.74 Å². The molecule has 0 aliphatic heterocycles. The number of methoxy groups -OCH3 is 1. The molecule has 0 atom stereocenters. The molecule has 0 bridgehead atoms. The third-order valence-corrected chi connectivity index (χ3v) is 3.33. The zero-order valence-electron chi connectivity index (χ0n) is 10.7. The van der Waals surface area contributed by atoms with E-state index in [0.717, 1.165) is 32.9 Å². The highest BCUT2D eigenvalue weighted by Crippen LogP contribution is 2.25. The highest BCUT2D eigenvalue weighted by molar-refractivity contribution is 7.71. The molecule has 5 heteroatoms. The Morgan fingerprint density at radius 3 is 2.68 bits per heavy atom. The Hall–Kier alpha value is -2.14. The van der Waals surface area contributed by atoms with Crippen molar-refractivity contribution in [2.45, 2.75) is 6.92 Å². The van der Waals surface area contributed by atoms with Gasteiger partial charge in [0.1, 0.15) is 10.4 Å². The molecule has 3 aromatic rings. The van der Waals surface area contributed by atoms with Gasteiger partial charge in [-0.2, -0.15) is 0 Å². The highest BCUT2D eigenvalue weighted by Gasteiger charge is 2.08. The molecule has 0 saturated carbocycles. The second kappa shape index (κ2) is 4.51. The molecular weight excluding hydrogens is 258 g/mol. The number of fused-ring (bicyclic) bond motifs is 1. The minimum atomic E-state index is 0.724. The summed E-state index contributed by atoms with van der Waals surface area (Å²) in [5.74, 6) is 0.837. The standard InChI is InChI=1S/C14H13N3OS/c1-9-7-13(19)17-14(16-9)12(8-15-17)10-3-5-11(18-2)6-4-10/h3-8,15H,1-2H3. The molecule has 0 unspecified atom stereocenters. The van der Waals surface area contributed by atoms with Crippen molar-refractivity contribution in [3.63, 3.8) is 0 Å². The maximum Gasteiger partial charge on any atom is 0.162 e. The molecule has 1 aromatic carbocycles. The van der Waals surface area contributed by atoms with Gasteiger partial charge in [0.05, 0.1) is 7.11 Å². The molecule has 2 aromatic heterocycles. The monoisotopic (exact) mass is 271 g/mol. The molecule has 0 saturated heterocycles. The molecule has 0 amide bonds. The summed E-state index contributed by atoms with van der Waals surface area (Å²) < 4.78 is 7.70. The molecule has 1 N–H and O–H groups in total. The van der Waals surface area contributed by atoms with Gasteiger partial charge in [-0.15, -0.1) is 0 Å². The quantitative estimate of drug-likeness (QED) is 0.727. The van der Waals surface area contributed by atoms with Crippen LogP contribution in [-0.4, -0.2) is 21.7 Å². The Kier molecular flexibility index (Phi) is 2.83. The van der Waals surface area contributed by atoms with Gasteiger partial charge in [-0.25, -0.2) is 9.50 Å². The summed E-state index contributed by atoms with van der Waals surface area (Å²) in [5.41, 5.74) is 3.86. The largest absolute Gasteiger partial charge is 0.497 e. The smallest absolute Gasteiger partial charge is 0.162 e. The van der Waals surface area contributed by atoms with Crippen LogP contribution in [-0.2, 0) is 0 Å². The van der Waals surface area contributed by atoms with Crippen LogP contribution in [0.5, 0.6) is 5.75 Å². The van der Waals surface area contributed by atoms with E-state index in [0.29, 0.717) is 0 Å². The summed E-state index contributed by atoms with van der Waals surface area (Å²) in [4.78, 5) is 4.55. The van der Waals surface area contributed by atoms with Crippen molar-refractivity contribution >= 4 is 17.9 Å². The molecule has 0 spiro atoms. The molecular formula is C14H13N3OS. The summed E-state index contributed by atoms with van der Waals surface area (Å²) in [6.45, 7) is 1.95. The van der Waals surface area contributed by atoms with E-state index < -0.39 is 0 Å². The van der Waals surface area contributed by atoms with Gasteiger partial charge in [-0.1, -0.05) is 24.4 Å². The number of aryl methyl sites for hydroxylation is 1.